The normalized spacial score (nSPS) is 11.9. The summed E-state index contributed by atoms with van der Waals surface area (Å²) in [6.07, 6.45) is 3.87. The van der Waals surface area contributed by atoms with Crippen molar-refractivity contribution in [3.05, 3.63) is 88.7 Å². The highest BCUT2D eigenvalue weighted by atomic mass is 16.5. The molecule has 3 aromatic carbocycles. The van der Waals surface area contributed by atoms with Gasteiger partial charge in [-0.15, -0.1) is 0 Å². The average molecular weight is 725 g/mol. The van der Waals surface area contributed by atoms with Crippen LogP contribution in [-0.2, 0) is 32.1 Å². The van der Waals surface area contributed by atoms with E-state index in [2.05, 4.69) is 90.1 Å². The third-order valence-corrected chi connectivity index (χ3v) is 10.3. The molecule has 0 fully saturated rings. The number of methoxy groups -OCH3 is 1. The van der Waals surface area contributed by atoms with Gasteiger partial charge in [0.25, 0.3) is 0 Å². The fourth-order valence-electron chi connectivity index (χ4n) is 7.09. The van der Waals surface area contributed by atoms with Gasteiger partial charge in [0.2, 0.25) is 0 Å². The van der Waals surface area contributed by atoms with E-state index in [1.165, 1.54) is 11.1 Å². The zero-order chi connectivity index (χ0) is 37.8. The second kappa shape index (κ2) is 19.4. The summed E-state index contributed by atoms with van der Waals surface area (Å²) in [6, 6.07) is 17.8. The van der Waals surface area contributed by atoms with Gasteiger partial charge in [-0.05, 0) is 116 Å². The molecule has 53 heavy (non-hydrogen) atoms. The Balaban J connectivity index is 1.68. The molecule has 0 unspecified atom stereocenters. The van der Waals surface area contributed by atoms with E-state index in [0.29, 0.717) is 52.9 Å². The lowest BCUT2D eigenvalue weighted by molar-refractivity contribution is -0.936. The van der Waals surface area contributed by atoms with Gasteiger partial charge in [0.15, 0.2) is 0 Å². The number of aryl methyl sites for hydroxylation is 3. The van der Waals surface area contributed by atoms with Crippen LogP contribution < -0.4 is 4.74 Å². The molecule has 2 aromatic heterocycles. The molecular formula is C44H58N3O6+. The van der Waals surface area contributed by atoms with Crippen molar-refractivity contribution >= 4 is 21.8 Å². The maximum Gasteiger partial charge on any atom is 0.122 e. The third kappa shape index (κ3) is 9.78. The molecule has 0 saturated heterocycles. The van der Waals surface area contributed by atoms with Crippen LogP contribution in [0.15, 0.2) is 60.9 Å². The molecule has 0 bridgehead atoms. The highest BCUT2D eigenvalue weighted by molar-refractivity contribution is 6.19. The lowest BCUT2D eigenvalue weighted by Gasteiger charge is -2.36. The minimum Gasteiger partial charge on any atom is -0.491 e. The highest BCUT2D eigenvalue weighted by Gasteiger charge is 2.25. The monoisotopic (exact) mass is 724 g/mol. The summed E-state index contributed by atoms with van der Waals surface area (Å²) in [5, 5.41) is 11.2. The number of nitrogens with zero attached hydrogens (tertiary/aromatic N) is 3. The number of pyridine rings is 2. The Morgan fingerprint density at radius 1 is 0.623 bits per heavy atom. The Morgan fingerprint density at radius 2 is 1.19 bits per heavy atom. The fraction of sp³-hybridized carbons (Fsp3) is 0.455. The number of fused-ring (bicyclic) bond motifs is 3. The van der Waals surface area contributed by atoms with Crippen LogP contribution in [0.3, 0.4) is 0 Å². The molecule has 1 N–H and O–H groups in total. The molecule has 0 atom stereocenters. The van der Waals surface area contributed by atoms with Crippen LogP contribution in [-0.4, -0.2) is 99.2 Å². The summed E-state index contributed by atoms with van der Waals surface area (Å²) in [5.74, 6) is 0.837. The summed E-state index contributed by atoms with van der Waals surface area (Å²) >= 11 is 0. The molecule has 5 rings (SSSR count). The summed E-state index contributed by atoms with van der Waals surface area (Å²) < 4.78 is 29.4. The standard InChI is InChI=1S/C44H58N3O6/c1-8-47(9-2,10-3)29-37-26-35(11-12-36(37)30-52-20-19-50-16-15-48)42-39-24-32(5)28-46-44(39)43-38(23-31(4)27-45-43)41(42)34-13-14-40(33(6)25-34)53-22-21-51-18-17-49-7/h11-14,23-28,48H,8-10,15-22,29-30H2,1-7H3/q+1. The SMILES string of the molecule is CC[N+](CC)(CC)Cc1cc(-c2c(-c3ccc(OCCOCCOC)c(C)c3)c3cc(C)cnc3c3ncc(C)cc23)ccc1COCCOCCO. The topological polar surface area (TPSA) is 92.2 Å². The first kappa shape index (κ1) is 40.2. The molecular weight excluding hydrogens is 666 g/mol. The number of aliphatic hydroxyl groups excluding tert-OH is 1. The van der Waals surface area contributed by atoms with Gasteiger partial charge in [0.05, 0.1) is 83.5 Å². The highest BCUT2D eigenvalue weighted by Crippen LogP contribution is 2.45. The van der Waals surface area contributed by atoms with E-state index in [-0.39, 0.29) is 6.61 Å². The molecule has 0 radical (unpaired) electrons. The number of hydrogen-bond donors (Lipinski definition) is 1. The zero-order valence-corrected chi connectivity index (χ0v) is 32.8. The molecule has 0 aliphatic rings. The van der Waals surface area contributed by atoms with Crippen LogP contribution in [0.5, 0.6) is 5.75 Å². The van der Waals surface area contributed by atoms with Crippen molar-refractivity contribution in [3.63, 3.8) is 0 Å². The van der Waals surface area contributed by atoms with Gasteiger partial charge in [-0.3, -0.25) is 9.97 Å². The van der Waals surface area contributed by atoms with E-state index in [1.54, 1.807) is 7.11 Å². The summed E-state index contributed by atoms with van der Waals surface area (Å²) in [5.41, 5.74) is 12.0. The van der Waals surface area contributed by atoms with Crippen molar-refractivity contribution in [2.75, 3.05) is 79.6 Å². The van der Waals surface area contributed by atoms with Crippen molar-refractivity contribution in [3.8, 4) is 28.0 Å². The Hall–Kier alpha value is -3.96. The molecule has 2 heterocycles. The van der Waals surface area contributed by atoms with Crippen molar-refractivity contribution < 1.29 is 33.3 Å². The molecule has 9 heteroatoms. The Kier molecular flexibility index (Phi) is 14.7. The van der Waals surface area contributed by atoms with Gasteiger partial charge in [0.1, 0.15) is 18.9 Å². The van der Waals surface area contributed by atoms with E-state index in [1.807, 2.05) is 12.4 Å². The summed E-state index contributed by atoms with van der Waals surface area (Å²) in [6.45, 7) is 21.0. The van der Waals surface area contributed by atoms with E-state index < -0.39 is 0 Å². The van der Waals surface area contributed by atoms with Gasteiger partial charge in [0, 0.05) is 35.8 Å². The number of quaternary nitrogens is 1. The molecule has 0 saturated carbocycles. The van der Waals surface area contributed by atoms with E-state index in [0.717, 1.165) is 97.2 Å². The van der Waals surface area contributed by atoms with Crippen LogP contribution in [0.2, 0.25) is 0 Å². The first-order chi connectivity index (χ1) is 25.8. The molecule has 5 aromatic rings. The molecule has 0 aliphatic carbocycles. The smallest absolute Gasteiger partial charge is 0.122 e. The van der Waals surface area contributed by atoms with Crippen LogP contribution in [0.25, 0.3) is 44.1 Å². The van der Waals surface area contributed by atoms with Crippen molar-refractivity contribution in [2.24, 2.45) is 0 Å². The minimum atomic E-state index is 0.00932. The van der Waals surface area contributed by atoms with E-state index >= 15 is 0 Å². The molecule has 9 nitrogen and oxygen atoms in total. The predicted octanol–water partition coefficient (Wildman–Crippen LogP) is 7.99. The zero-order valence-electron chi connectivity index (χ0n) is 32.8. The van der Waals surface area contributed by atoms with Crippen molar-refractivity contribution in [2.45, 2.75) is 54.7 Å². The summed E-state index contributed by atoms with van der Waals surface area (Å²) in [4.78, 5) is 10.0. The van der Waals surface area contributed by atoms with E-state index in [4.69, 9.17) is 38.8 Å². The molecule has 284 valence electrons. The number of rotatable bonds is 21. The minimum absolute atomic E-state index is 0.00932. The van der Waals surface area contributed by atoms with Crippen molar-refractivity contribution in [1.82, 2.24) is 9.97 Å². The largest absolute Gasteiger partial charge is 0.491 e. The van der Waals surface area contributed by atoms with Crippen LogP contribution in [0, 0.1) is 20.8 Å². The summed E-state index contributed by atoms with van der Waals surface area (Å²) in [7, 11) is 1.67. The number of benzene rings is 3. The number of aliphatic hydroxyl groups is 1. The van der Waals surface area contributed by atoms with E-state index in [9.17, 15) is 0 Å². The van der Waals surface area contributed by atoms with Gasteiger partial charge < -0.3 is 33.3 Å². The van der Waals surface area contributed by atoms with Gasteiger partial charge in [-0.1, -0.05) is 18.2 Å². The fourth-order valence-corrected chi connectivity index (χ4v) is 7.09. The quantitative estimate of drug-likeness (QED) is 0.0463. The van der Waals surface area contributed by atoms with Crippen molar-refractivity contribution in [1.29, 1.82) is 0 Å². The average Bonchev–Trinajstić information content (AvgIpc) is 3.17. The van der Waals surface area contributed by atoms with Gasteiger partial charge in [-0.2, -0.15) is 0 Å². The maximum absolute atomic E-state index is 9.08. The lowest BCUT2D eigenvalue weighted by atomic mass is 9.85. The Bertz CT molecular complexity index is 1950. The molecule has 0 aliphatic heterocycles. The van der Waals surface area contributed by atoms with Gasteiger partial charge >= 0.3 is 0 Å². The lowest BCUT2D eigenvalue weighted by Crippen LogP contribution is -2.46. The second-order valence-corrected chi connectivity index (χ2v) is 13.8. The number of hydrogen-bond acceptors (Lipinski definition) is 8. The predicted molar refractivity (Wildman–Crippen MR) is 213 cm³/mol. The van der Waals surface area contributed by atoms with Crippen LogP contribution in [0.1, 0.15) is 48.6 Å². The van der Waals surface area contributed by atoms with Crippen LogP contribution in [0.4, 0.5) is 0 Å². The number of aromatic nitrogens is 2. The third-order valence-electron chi connectivity index (χ3n) is 10.3. The van der Waals surface area contributed by atoms with Gasteiger partial charge in [-0.25, -0.2) is 0 Å². The Labute approximate surface area is 315 Å². The maximum atomic E-state index is 9.08. The second-order valence-electron chi connectivity index (χ2n) is 13.8. The Morgan fingerprint density at radius 3 is 1.79 bits per heavy atom. The van der Waals surface area contributed by atoms with Crippen LogP contribution >= 0.6 is 0 Å². The molecule has 0 amide bonds. The first-order valence-electron chi connectivity index (χ1n) is 19.0. The first-order valence-corrected chi connectivity index (χ1v) is 19.0. The number of ether oxygens (including phenoxy) is 5. The molecule has 0 spiro atoms.